The zero-order chi connectivity index (χ0) is 30.8. The molecule has 0 atom stereocenters. The van der Waals surface area contributed by atoms with Gasteiger partial charge in [-0.3, -0.25) is 14.3 Å². The number of phenolic OH excluding ortho intramolecular Hbond substituents is 1. The highest BCUT2D eigenvalue weighted by Crippen LogP contribution is 2.32. The van der Waals surface area contributed by atoms with E-state index in [9.17, 15) is 9.90 Å². The smallest absolute Gasteiger partial charge is 0.165 e. The van der Waals surface area contributed by atoms with E-state index >= 15 is 0 Å². The number of imidazole rings is 1. The van der Waals surface area contributed by atoms with E-state index in [0.717, 1.165) is 78.5 Å². The lowest BCUT2D eigenvalue weighted by Crippen LogP contribution is -2.30. The first kappa shape index (κ1) is 28.2. The van der Waals surface area contributed by atoms with Gasteiger partial charge in [0, 0.05) is 61.9 Å². The van der Waals surface area contributed by atoms with Gasteiger partial charge in [-0.05, 0) is 60.5 Å². The monoisotopic (exact) mass is 595 g/mol. The summed E-state index contributed by atoms with van der Waals surface area (Å²) in [5.41, 5.74) is 13.9. The molecule has 1 aliphatic rings. The summed E-state index contributed by atoms with van der Waals surface area (Å²) < 4.78 is 2.06. The Morgan fingerprint density at radius 1 is 0.822 bits per heavy atom. The first-order valence-electron chi connectivity index (χ1n) is 15.1. The van der Waals surface area contributed by atoms with Crippen LogP contribution >= 0.6 is 0 Å². The van der Waals surface area contributed by atoms with Crippen molar-refractivity contribution in [1.82, 2.24) is 24.4 Å². The first-order chi connectivity index (χ1) is 22.1. The number of nitrogens with two attached hydrogens (primary N) is 1. The van der Waals surface area contributed by atoms with E-state index in [1.54, 1.807) is 18.3 Å². The Hall–Kier alpha value is -5.54. The van der Waals surface area contributed by atoms with E-state index in [2.05, 4.69) is 55.7 Å². The van der Waals surface area contributed by atoms with Crippen molar-refractivity contribution in [3.05, 3.63) is 114 Å². The fraction of sp³-hybridized carbons (Fsp3) is 0.167. The van der Waals surface area contributed by atoms with Crippen molar-refractivity contribution < 1.29 is 9.90 Å². The van der Waals surface area contributed by atoms with Crippen LogP contribution in [0.4, 0.5) is 11.5 Å². The van der Waals surface area contributed by atoms with Gasteiger partial charge >= 0.3 is 0 Å². The standard InChI is InChI=1S/C36H33N7O2/c37-34-30(8-4-17-38-34)35-40-32-16-15-31(26-6-2-1-3-7-26)39-36(32)43(35)28-12-9-25(10-13-28)23-41-18-5-19-42(21-20-41)29-14-11-27(24-44)33(45)22-29/h1-4,6-17,22,24,45H,5,18-21,23H2,(H2,37,38). The number of phenols is 1. The third kappa shape index (κ3) is 5.73. The van der Waals surface area contributed by atoms with Crippen LogP contribution in [0.5, 0.6) is 5.75 Å². The lowest BCUT2D eigenvalue weighted by molar-refractivity contribution is 0.112. The predicted octanol–water partition coefficient (Wildman–Crippen LogP) is 5.96. The molecule has 0 amide bonds. The van der Waals surface area contributed by atoms with E-state index in [-0.39, 0.29) is 5.75 Å². The van der Waals surface area contributed by atoms with Gasteiger partial charge in [-0.1, -0.05) is 42.5 Å². The molecule has 0 unspecified atom stereocenters. The molecule has 0 radical (unpaired) electrons. The van der Waals surface area contributed by atoms with Crippen LogP contribution in [0.3, 0.4) is 0 Å². The van der Waals surface area contributed by atoms with Crippen molar-refractivity contribution in [2.75, 3.05) is 36.8 Å². The highest BCUT2D eigenvalue weighted by atomic mass is 16.3. The molecule has 1 fully saturated rings. The average Bonchev–Trinajstić information content (AvgIpc) is 3.29. The summed E-state index contributed by atoms with van der Waals surface area (Å²) in [5, 5.41) is 10.2. The average molecular weight is 596 g/mol. The molecule has 224 valence electrons. The van der Waals surface area contributed by atoms with Crippen LogP contribution in [0.15, 0.2) is 103 Å². The molecule has 1 saturated heterocycles. The topological polar surface area (TPSA) is 113 Å². The van der Waals surface area contributed by atoms with Crippen LogP contribution in [0.1, 0.15) is 22.3 Å². The summed E-state index contributed by atoms with van der Waals surface area (Å²) in [5.74, 6) is 1.13. The van der Waals surface area contributed by atoms with E-state index in [1.807, 2.05) is 48.5 Å². The summed E-state index contributed by atoms with van der Waals surface area (Å²) in [6.07, 6.45) is 3.36. The fourth-order valence-corrected chi connectivity index (χ4v) is 5.98. The molecular weight excluding hydrogens is 562 g/mol. The molecule has 0 spiro atoms. The highest BCUT2D eigenvalue weighted by Gasteiger charge is 2.20. The van der Waals surface area contributed by atoms with Gasteiger partial charge in [0.05, 0.1) is 16.8 Å². The number of anilines is 2. The maximum atomic E-state index is 11.1. The third-order valence-electron chi connectivity index (χ3n) is 8.35. The second-order valence-electron chi connectivity index (χ2n) is 11.3. The Bertz CT molecular complexity index is 1970. The van der Waals surface area contributed by atoms with Crippen molar-refractivity contribution in [3.8, 4) is 34.1 Å². The molecule has 45 heavy (non-hydrogen) atoms. The number of rotatable bonds is 7. The number of fused-ring (bicyclic) bond motifs is 1. The minimum atomic E-state index is 0.0234. The Morgan fingerprint density at radius 3 is 2.42 bits per heavy atom. The number of nitrogen functional groups attached to an aromatic ring is 1. The SMILES string of the molecule is Nc1ncccc1-c1nc2ccc(-c3ccccc3)nc2n1-c1ccc(CN2CCCN(c3ccc(C=O)c(O)c3)CC2)cc1. The van der Waals surface area contributed by atoms with Gasteiger partial charge in [0.15, 0.2) is 17.8 Å². The Morgan fingerprint density at radius 2 is 1.64 bits per heavy atom. The number of aromatic hydroxyl groups is 1. The van der Waals surface area contributed by atoms with Gasteiger partial charge in [0.2, 0.25) is 0 Å². The largest absolute Gasteiger partial charge is 0.507 e. The maximum Gasteiger partial charge on any atom is 0.165 e. The number of hydrogen-bond acceptors (Lipinski definition) is 8. The summed E-state index contributed by atoms with van der Waals surface area (Å²) in [6.45, 7) is 4.42. The maximum absolute atomic E-state index is 11.1. The van der Waals surface area contributed by atoms with E-state index < -0.39 is 0 Å². The zero-order valence-corrected chi connectivity index (χ0v) is 24.8. The van der Waals surface area contributed by atoms with Crippen LogP contribution in [0, 0.1) is 0 Å². The molecule has 7 rings (SSSR count). The summed E-state index contributed by atoms with van der Waals surface area (Å²) in [4.78, 5) is 30.2. The third-order valence-corrected chi connectivity index (χ3v) is 8.35. The summed E-state index contributed by atoms with van der Waals surface area (Å²) in [6, 6.07) is 31.8. The van der Waals surface area contributed by atoms with Gasteiger partial charge in [0.25, 0.3) is 0 Å². The van der Waals surface area contributed by atoms with Crippen LogP contribution < -0.4 is 10.6 Å². The van der Waals surface area contributed by atoms with Crippen molar-refractivity contribution in [3.63, 3.8) is 0 Å². The number of benzene rings is 3. The molecule has 3 aromatic heterocycles. The van der Waals surface area contributed by atoms with Crippen LogP contribution in [-0.2, 0) is 6.54 Å². The normalized spacial score (nSPS) is 14.0. The lowest BCUT2D eigenvalue weighted by atomic mass is 10.1. The molecule has 4 heterocycles. The van der Waals surface area contributed by atoms with Crippen LogP contribution in [-0.4, -0.2) is 62.0 Å². The minimum absolute atomic E-state index is 0.0234. The lowest BCUT2D eigenvalue weighted by Gasteiger charge is -2.24. The number of aromatic nitrogens is 4. The molecule has 6 aromatic rings. The molecule has 3 aromatic carbocycles. The number of carbonyl (C=O) groups excluding carboxylic acids is 1. The number of nitrogens with zero attached hydrogens (tertiary/aromatic N) is 6. The van der Waals surface area contributed by atoms with Gasteiger partial charge < -0.3 is 15.7 Å². The van der Waals surface area contributed by atoms with Crippen molar-refractivity contribution in [2.45, 2.75) is 13.0 Å². The molecule has 0 saturated carbocycles. The number of carbonyl (C=O) groups is 1. The second kappa shape index (κ2) is 12.2. The molecule has 0 aliphatic carbocycles. The van der Waals surface area contributed by atoms with Gasteiger partial charge in [-0.25, -0.2) is 15.0 Å². The molecule has 0 bridgehead atoms. The minimum Gasteiger partial charge on any atom is -0.507 e. The quantitative estimate of drug-likeness (QED) is 0.217. The number of hydrogen-bond donors (Lipinski definition) is 2. The molecule has 3 N–H and O–H groups in total. The Kier molecular flexibility index (Phi) is 7.67. The Balaban J connectivity index is 1.16. The van der Waals surface area contributed by atoms with Crippen LogP contribution in [0.2, 0.25) is 0 Å². The summed E-state index contributed by atoms with van der Waals surface area (Å²) >= 11 is 0. The second-order valence-corrected chi connectivity index (χ2v) is 11.3. The first-order valence-corrected chi connectivity index (χ1v) is 15.1. The fourth-order valence-electron chi connectivity index (χ4n) is 5.98. The highest BCUT2D eigenvalue weighted by molar-refractivity contribution is 5.84. The molecule has 9 heteroatoms. The summed E-state index contributed by atoms with van der Waals surface area (Å²) in [7, 11) is 0. The van der Waals surface area contributed by atoms with Crippen molar-refractivity contribution in [2.24, 2.45) is 0 Å². The number of aldehydes is 1. The van der Waals surface area contributed by atoms with E-state index in [1.165, 1.54) is 5.56 Å². The Labute approximate surface area is 261 Å². The van der Waals surface area contributed by atoms with Crippen molar-refractivity contribution >= 4 is 29.0 Å². The molecule has 1 aliphatic heterocycles. The van der Waals surface area contributed by atoms with E-state index in [0.29, 0.717) is 23.5 Å². The zero-order valence-electron chi connectivity index (χ0n) is 24.8. The van der Waals surface area contributed by atoms with Crippen LogP contribution in [0.25, 0.3) is 39.5 Å². The van der Waals surface area contributed by atoms with Crippen molar-refractivity contribution in [1.29, 1.82) is 0 Å². The number of pyridine rings is 2. The van der Waals surface area contributed by atoms with Gasteiger partial charge in [-0.15, -0.1) is 0 Å². The van der Waals surface area contributed by atoms with Gasteiger partial charge in [-0.2, -0.15) is 0 Å². The van der Waals surface area contributed by atoms with Gasteiger partial charge in [0.1, 0.15) is 17.1 Å². The molecular formula is C36H33N7O2. The molecule has 9 nitrogen and oxygen atoms in total. The van der Waals surface area contributed by atoms with E-state index in [4.69, 9.17) is 15.7 Å². The predicted molar refractivity (Wildman–Crippen MR) is 178 cm³/mol.